The van der Waals surface area contributed by atoms with Gasteiger partial charge in [0.1, 0.15) is 5.75 Å². The number of furan rings is 1. The molecule has 1 aromatic carbocycles. The Morgan fingerprint density at radius 1 is 1.29 bits per heavy atom. The number of hydrogen-bond donors (Lipinski definition) is 1. The Kier molecular flexibility index (Phi) is 3.83. The molecular formula is C14H17NO2. The van der Waals surface area contributed by atoms with Crippen LogP contribution in [0.3, 0.4) is 0 Å². The van der Waals surface area contributed by atoms with Crippen molar-refractivity contribution in [3.63, 3.8) is 0 Å². The first-order valence-corrected chi connectivity index (χ1v) is 5.74. The van der Waals surface area contributed by atoms with Gasteiger partial charge in [-0.05, 0) is 30.3 Å². The van der Waals surface area contributed by atoms with E-state index < -0.39 is 0 Å². The molecule has 3 heteroatoms. The van der Waals surface area contributed by atoms with Gasteiger partial charge in [0.15, 0.2) is 0 Å². The molecule has 17 heavy (non-hydrogen) atoms. The molecule has 1 heterocycles. The smallest absolute Gasteiger partial charge is 0.119 e. The van der Waals surface area contributed by atoms with Gasteiger partial charge in [0, 0.05) is 5.56 Å². The van der Waals surface area contributed by atoms with Gasteiger partial charge in [0.05, 0.1) is 25.7 Å². The molecule has 0 aliphatic heterocycles. The Hall–Kier alpha value is -1.74. The van der Waals surface area contributed by atoms with Crippen LogP contribution in [-0.4, -0.2) is 13.7 Å². The monoisotopic (exact) mass is 231 g/mol. The van der Waals surface area contributed by atoms with Crippen LogP contribution in [0.2, 0.25) is 0 Å². The molecule has 0 aliphatic rings. The van der Waals surface area contributed by atoms with E-state index in [1.165, 1.54) is 5.56 Å². The molecule has 90 valence electrons. The van der Waals surface area contributed by atoms with Crippen molar-refractivity contribution in [1.82, 2.24) is 5.32 Å². The van der Waals surface area contributed by atoms with Gasteiger partial charge >= 0.3 is 0 Å². The zero-order chi connectivity index (χ0) is 12.1. The molecule has 0 amide bonds. The van der Waals surface area contributed by atoms with Crippen molar-refractivity contribution in [2.45, 2.75) is 13.0 Å². The fraction of sp³-hybridized carbons (Fsp3) is 0.286. The summed E-state index contributed by atoms with van der Waals surface area (Å²) in [6.45, 7) is 2.99. The lowest BCUT2D eigenvalue weighted by Gasteiger charge is -2.17. The van der Waals surface area contributed by atoms with E-state index in [9.17, 15) is 0 Å². The Bertz CT molecular complexity index is 451. The first-order valence-electron chi connectivity index (χ1n) is 5.74. The summed E-state index contributed by atoms with van der Waals surface area (Å²) in [4.78, 5) is 0. The second-order valence-electron chi connectivity index (χ2n) is 3.82. The summed E-state index contributed by atoms with van der Waals surface area (Å²) in [7, 11) is 1.68. The molecule has 1 N–H and O–H groups in total. The minimum Gasteiger partial charge on any atom is -0.497 e. The van der Waals surface area contributed by atoms with Crippen molar-refractivity contribution in [3.05, 3.63) is 54.0 Å². The number of methoxy groups -OCH3 is 1. The Morgan fingerprint density at radius 3 is 2.82 bits per heavy atom. The van der Waals surface area contributed by atoms with Crippen LogP contribution in [-0.2, 0) is 0 Å². The molecule has 1 unspecified atom stereocenters. The third kappa shape index (κ3) is 2.68. The predicted octanol–water partition coefficient (Wildman–Crippen LogP) is 2.99. The standard InChI is InChI=1S/C14H17NO2/c1-3-15-14(12-7-8-17-10-12)11-5-4-6-13(9-11)16-2/h4-10,14-15H,3H2,1-2H3. The number of ether oxygens (including phenoxy) is 1. The number of rotatable bonds is 5. The molecule has 0 saturated carbocycles. The highest BCUT2D eigenvalue weighted by Crippen LogP contribution is 2.25. The van der Waals surface area contributed by atoms with Crippen LogP contribution < -0.4 is 10.1 Å². The van der Waals surface area contributed by atoms with Crippen molar-refractivity contribution in [2.24, 2.45) is 0 Å². The van der Waals surface area contributed by atoms with Crippen LogP contribution in [0.15, 0.2) is 47.3 Å². The van der Waals surface area contributed by atoms with Gasteiger partial charge in [0.25, 0.3) is 0 Å². The second kappa shape index (κ2) is 5.55. The van der Waals surface area contributed by atoms with Crippen LogP contribution >= 0.6 is 0 Å². The lowest BCUT2D eigenvalue weighted by Crippen LogP contribution is -2.21. The second-order valence-corrected chi connectivity index (χ2v) is 3.82. The summed E-state index contributed by atoms with van der Waals surface area (Å²) in [5.74, 6) is 0.869. The van der Waals surface area contributed by atoms with Crippen molar-refractivity contribution >= 4 is 0 Å². The fourth-order valence-corrected chi connectivity index (χ4v) is 1.89. The largest absolute Gasteiger partial charge is 0.497 e. The molecule has 1 aromatic heterocycles. The quantitative estimate of drug-likeness (QED) is 0.859. The van der Waals surface area contributed by atoms with Gasteiger partial charge in [-0.15, -0.1) is 0 Å². The van der Waals surface area contributed by atoms with Crippen LogP contribution in [0.4, 0.5) is 0 Å². The Morgan fingerprint density at radius 2 is 2.18 bits per heavy atom. The van der Waals surface area contributed by atoms with E-state index in [1.807, 2.05) is 24.3 Å². The first-order chi connectivity index (χ1) is 8.35. The van der Waals surface area contributed by atoms with E-state index in [0.29, 0.717) is 0 Å². The molecule has 0 aliphatic carbocycles. The zero-order valence-electron chi connectivity index (χ0n) is 10.1. The minimum atomic E-state index is 0.147. The van der Waals surface area contributed by atoms with Crippen molar-refractivity contribution in [1.29, 1.82) is 0 Å². The Labute approximate surface area is 101 Å². The molecule has 1 atom stereocenters. The summed E-state index contributed by atoms with van der Waals surface area (Å²) in [5, 5.41) is 3.44. The highest BCUT2D eigenvalue weighted by Gasteiger charge is 2.14. The zero-order valence-corrected chi connectivity index (χ0v) is 10.1. The van der Waals surface area contributed by atoms with Gasteiger partial charge in [-0.3, -0.25) is 0 Å². The molecular weight excluding hydrogens is 214 g/mol. The lowest BCUT2D eigenvalue weighted by atomic mass is 10.0. The van der Waals surface area contributed by atoms with Gasteiger partial charge in [0.2, 0.25) is 0 Å². The fourth-order valence-electron chi connectivity index (χ4n) is 1.89. The summed E-state index contributed by atoms with van der Waals surface area (Å²) in [6, 6.07) is 10.2. The van der Waals surface area contributed by atoms with Crippen molar-refractivity contribution < 1.29 is 9.15 Å². The number of nitrogens with one attached hydrogen (secondary N) is 1. The van der Waals surface area contributed by atoms with Gasteiger partial charge in [-0.1, -0.05) is 19.1 Å². The number of hydrogen-bond acceptors (Lipinski definition) is 3. The van der Waals surface area contributed by atoms with E-state index in [-0.39, 0.29) is 6.04 Å². The molecule has 2 aromatic rings. The maximum absolute atomic E-state index is 5.25. The maximum atomic E-state index is 5.25. The average Bonchev–Trinajstić information content (AvgIpc) is 2.89. The van der Waals surface area contributed by atoms with Crippen molar-refractivity contribution in [2.75, 3.05) is 13.7 Å². The number of benzene rings is 1. The predicted molar refractivity (Wildman–Crippen MR) is 67.2 cm³/mol. The topological polar surface area (TPSA) is 34.4 Å². The SMILES string of the molecule is CCNC(c1ccoc1)c1cccc(OC)c1. The molecule has 0 fully saturated rings. The van der Waals surface area contributed by atoms with Crippen molar-refractivity contribution in [3.8, 4) is 5.75 Å². The first kappa shape index (κ1) is 11.7. The third-order valence-electron chi connectivity index (χ3n) is 2.71. The van der Waals surface area contributed by atoms with E-state index >= 15 is 0 Å². The molecule has 2 rings (SSSR count). The molecule has 0 bridgehead atoms. The van der Waals surface area contributed by atoms with E-state index in [4.69, 9.17) is 9.15 Å². The summed E-state index contributed by atoms with van der Waals surface area (Å²) in [6.07, 6.45) is 3.46. The summed E-state index contributed by atoms with van der Waals surface area (Å²) >= 11 is 0. The van der Waals surface area contributed by atoms with Gasteiger partial charge in [-0.2, -0.15) is 0 Å². The van der Waals surface area contributed by atoms with Crippen LogP contribution in [0.25, 0.3) is 0 Å². The molecule has 0 spiro atoms. The lowest BCUT2D eigenvalue weighted by molar-refractivity contribution is 0.413. The summed E-state index contributed by atoms with van der Waals surface area (Å²) < 4.78 is 10.4. The highest BCUT2D eigenvalue weighted by atomic mass is 16.5. The van der Waals surface area contributed by atoms with E-state index in [2.05, 4.69) is 18.3 Å². The van der Waals surface area contributed by atoms with Gasteiger partial charge in [-0.25, -0.2) is 0 Å². The summed E-state index contributed by atoms with van der Waals surface area (Å²) in [5.41, 5.74) is 2.30. The van der Waals surface area contributed by atoms with Gasteiger partial charge < -0.3 is 14.5 Å². The maximum Gasteiger partial charge on any atom is 0.119 e. The highest BCUT2D eigenvalue weighted by molar-refractivity contribution is 5.35. The van der Waals surface area contributed by atoms with E-state index in [0.717, 1.165) is 17.9 Å². The third-order valence-corrected chi connectivity index (χ3v) is 2.71. The minimum absolute atomic E-state index is 0.147. The molecule has 3 nitrogen and oxygen atoms in total. The van der Waals surface area contributed by atoms with E-state index in [1.54, 1.807) is 19.6 Å². The van der Waals surface area contributed by atoms with Crippen LogP contribution in [0.1, 0.15) is 24.1 Å². The molecule has 0 saturated heterocycles. The Balaban J connectivity index is 2.32. The normalized spacial score (nSPS) is 12.4. The van der Waals surface area contributed by atoms with Crippen LogP contribution in [0.5, 0.6) is 5.75 Å². The average molecular weight is 231 g/mol. The molecule has 0 radical (unpaired) electrons. The van der Waals surface area contributed by atoms with Crippen LogP contribution in [0, 0.1) is 0 Å².